The zero-order chi connectivity index (χ0) is 15.6. The van der Waals surface area contributed by atoms with Crippen molar-refractivity contribution in [3.05, 3.63) is 29.8 Å². The molecule has 1 unspecified atom stereocenters. The fourth-order valence-corrected chi connectivity index (χ4v) is 2.57. The number of nitrogens with zero attached hydrogens (tertiary/aromatic N) is 1. The lowest BCUT2D eigenvalue weighted by Crippen LogP contribution is -2.36. The second-order valence-corrected chi connectivity index (χ2v) is 6.31. The SMILES string of the molecule is CC(C)NC(=O)C1CC(=O)N(c2ccc(C(C)C)cc2)C1. The van der Waals surface area contributed by atoms with Crippen LogP contribution in [0, 0.1) is 5.92 Å². The zero-order valence-corrected chi connectivity index (χ0v) is 13.2. The molecule has 1 heterocycles. The van der Waals surface area contributed by atoms with Gasteiger partial charge in [0.25, 0.3) is 0 Å². The summed E-state index contributed by atoms with van der Waals surface area (Å²) < 4.78 is 0. The Morgan fingerprint density at radius 2 is 1.81 bits per heavy atom. The van der Waals surface area contributed by atoms with Crippen LogP contribution in [-0.2, 0) is 9.59 Å². The zero-order valence-electron chi connectivity index (χ0n) is 13.2. The lowest BCUT2D eigenvalue weighted by atomic mass is 10.0. The number of hydrogen-bond acceptors (Lipinski definition) is 2. The second kappa shape index (κ2) is 6.29. The standard InChI is InChI=1S/C17H24N2O2/c1-11(2)13-5-7-15(8-6-13)19-10-14(9-16(19)20)17(21)18-12(3)4/h5-8,11-12,14H,9-10H2,1-4H3,(H,18,21). The fraction of sp³-hybridized carbons (Fsp3) is 0.529. The van der Waals surface area contributed by atoms with Gasteiger partial charge < -0.3 is 10.2 Å². The Hall–Kier alpha value is -1.84. The fourth-order valence-electron chi connectivity index (χ4n) is 2.57. The number of amides is 2. The third-order valence-corrected chi connectivity index (χ3v) is 3.80. The number of carbonyl (C=O) groups is 2. The van der Waals surface area contributed by atoms with E-state index in [0.29, 0.717) is 18.9 Å². The Bertz CT molecular complexity index is 520. The molecule has 4 heteroatoms. The summed E-state index contributed by atoms with van der Waals surface area (Å²) in [6.45, 7) is 8.61. The Morgan fingerprint density at radius 3 is 2.33 bits per heavy atom. The Balaban J connectivity index is 2.07. The van der Waals surface area contributed by atoms with Crippen LogP contribution in [0.4, 0.5) is 5.69 Å². The minimum Gasteiger partial charge on any atom is -0.354 e. The van der Waals surface area contributed by atoms with Gasteiger partial charge in [-0.15, -0.1) is 0 Å². The maximum Gasteiger partial charge on any atom is 0.227 e. The molecule has 0 saturated carbocycles. The first-order valence-corrected chi connectivity index (χ1v) is 7.59. The number of benzene rings is 1. The molecule has 1 aromatic carbocycles. The molecule has 2 amide bonds. The first kappa shape index (κ1) is 15.5. The molecule has 0 spiro atoms. The Labute approximate surface area is 126 Å². The molecule has 1 fully saturated rings. The van der Waals surface area contributed by atoms with Gasteiger partial charge in [0.2, 0.25) is 11.8 Å². The molecule has 1 aliphatic heterocycles. The smallest absolute Gasteiger partial charge is 0.227 e. The molecule has 0 radical (unpaired) electrons. The van der Waals surface area contributed by atoms with Gasteiger partial charge in [-0.1, -0.05) is 26.0 Å². The summed E-state index contributed by atoms with van der Waals surface area (Å²) in [5.74, 6) is 0.221. The van der Waals surface area contributed by atoms with Gasteiger partial charge in [0.1, 0.15) is 0 Å². The highest BCUT2D eigenvalue weighted by atomic mass is 16.2. The Kier molecular flexibility index (Phi) is 4.66. The summed E-state index contributed by atoms with van der Waals surface area (Å²) in [5, 5.41) is 2.88. The van der Waals surface area contributed by atoms with Gasteiger partial charge in [-0.05, 0) is 37.5 Å². The van der Waals surface area contributed by atoms with E-state index in [2.05, 4.69) is 31.3 Å². The van der Waals surface area contributed by atoms with Crippen molar-refractivity contribution in [3.63, 3.8) is 0 Å². The number of nitrogens with one attached hydrogen (secondary N) is 1. The van der Waals surface area contributed by atoms with Crippen LogP contribution in [0.5, 0.6) is 0 Å². The van der Waals surface area contributed by atoms with E-state index in [-0.39, 0.29) is 23.8 Å². The van der Waals surface area contributed by atoms with Gasteiger partial charge in [0.15, 0.2) is 0 Å². The molecule has 0 aliphatic carbocycles. The first-order valence-electron chi connectivity index (χ1n) is 7.59. The molecule has 1 aromatic rings. The lowest BCUT2D eigenvalue weighted by molar-refractivity contribution is -0.126. The van der Waals surface area contributed by atoms with Crippen molar-refractivity contribution in [1.29, 1.82) is 0 Å². The van der Waals surface area contributed by atoms with Crippen LogP contribution in [0.3, 0.4) is 0 Å². The molecule has 21 heavy (non-hydrogen) atoms. The summed E-state index contributed by atoms with van der Waals surface area (Å²) >= 11 is 0. The number of carbonyl (C=O) groups excluding carboxylic acids is 2. The van der Waals surface area contributed by atoms with E-state index in [9.17, 15) is 9.59 Å². The number of hydrogen-bond donors (Lipinski definition) is 1. The van der Waals surface area contributed by atoms with E-state index < -0.39 is 0 Å². The van der Waals surface area contributed by atoms with Gasteiger partial charge in [-0.2, -0.15) is 0 Å². The molecule has 1 N–H and O–H groups in total. The summed E-state index contributed by atoms with van der Waals surface area (Å²) in [5.41, 5.74) is 2.13. The normalized spacial score (nSPS) is 18.7. The third kappa shape index (κ3) is 3.63. The van der Waals surface area contributed by atoms with Crippen LogP contribution in [0.2, 0.25) is 0 Å². The molecule has 1 atom stereocenters. The molecule has 2 rings (SSSR count). The van der Waals surface area contributed by atoms with Crippen molar-refractivity contribution in [2.24, 2.45) is 5.92 Å². The van der Waals surface area contributed by atoms with Crippen molar-refractivity contribution in [3.8, 4) is 0 Å². The van der Waals surface area contributed by atoms with E-state index in [1.165, 1.54) is 5.56 Å². The molecular formula is C17H24N2O2. The van der Waals surface area contributed by atoms with Crippen LogP contribution >= 0.6 is 0 Å². The van der Waals surface area contributed by atoms with E-state index in [1.54, 1.807) is 4.90 Å². The minimum absolute atomic E-state index is 0.0243. The minimum atomic E-state index is -0.246. The Morgan fingerprint density at radius 1 is 1.19 bits per heavy atom. The topological polar surface area (TPSA) is 49.4 Å². The summed E-state index contributed by atoms with van der Waals surface area (Å²) in [7, 11) is 0. The van der Waals surface area contributed by atoms with Crippen LogP contribution in [0.15, 0.2) is 24.3 Å². The molecule has 4 nitrogen and oxygen atoms in total. The average Bonchev–Trinajstić information content (AvgIpc) is 2.80. The van der Waals surface area contributed by atoms with Gasteiger partial charge in [0.05, 0.1) is 5.92 Å². The highest BCUT2D eigenvalue weighted by Gasteiger charge is 2.35. The van der Waals surface area contributed by atoms with Crippen LogP contribution in [0.25, 0.3) is 0 Å². The maximum absolute atomic E-state index is 12.1. The van der Waals surface area contributed by atoms with Crippen LogP contribution in [-0.4, -0.2) is 24.4 Å². The van der Waals surface area contributed by atoms with Crippen LogP contribution < -0.4 is 10.2 Å². The summed E-state index contributed by atoms with van der Waals surface area (Å²) in [6.07, 6.45) is 0.296. The van der Waals surface area contributed by atoms with E-state index in [1.807, 2.05) is 26.0 Å². The molecular weight excluding hydrogens is 264 g/mol. The quantitative estimate of drug-likeness (QED) is 0.926. The van der Waals surface area contributed by atoms with Crippen molar-refractivity contribution < 1.29 is 9.59 Å². The molecule has 114 valence electrons. The highest BCUT2D eigenvalue weighted by molar-refractivity contribution is 6.00. The number of rotatable bonds is 4. The van der Waals surface area contributed by atoms with E-state index in [0.717, 1.165) is 5.69 Å². The molecule has 0 aromatic heterocycles. The maximum atomic E-state index is 12.1. The van der Waals surface area contributed by atoms with Gasteiger partial charge in [-0.3, -0.25) is 9.59 Å². The molecule has 1 aliphatic rings. The molecule has 0 bridgehead atoms. The highest BCUT2D eigenvalue weighted by Crippen LogP contribution is 2.27. The van der Waals surface area contributed by atoms with Gasteiger partial charge in [0, 0.05) is 24.7 Å². The van der Waals surface area contributed by atoms with Crippen molar-refractivity contribution >= 4 is 17.5 Å². The first-order chi connectivity index (χ1) is 9.88. The van der Waals surface area contributed by atoms with Gasteiger partial charge in [-0.25, -0.2) is 0 Å². The van der Waals surface area contributed by atoms with E-state index in [4.69, 9.17) is 0 Å². The lowest BCUT2D eigenvalue weighted by Gasteiger charge is -2.18. The second-order valence-electron chi connectivity index (χ2n) is 6.31. The average molecular weight is 288 g/mol. The van der Waals surface area contributed by atoms with E-state index >= 15 is 0 Å². The van der Waals surface area contributed by atoms with Crippen molar-refractivity contribution in [2.75, 3.05) is 11.4 Å². The largest absolute Gasteiger partial charge is 0.354 e. The monoisotopic (exact) mass is 288 g/mol. The molecule has 1 saturated heterocycles. The van der Waals surface area contributed by atoms with Crippen molar-refractivity contribution in [1.82, 2.24) is 5.32 Å². The summed E-state index contributed by atoms with van der Waals surface area (Å²) in [6, 6.07) is 8.14. The number of anilines is 1. The summed E-state index contributed by atoms with van der Waals surface area (Å²) in [4.78, 5) is 25.9. The predicted octanol–water partition coefficient (Wildman–Crippen LogP) is 2.69. The van der Waals surface area contributed by atoms with Crippen molar-refractivity contribution in [2.45, 2.75) is 46.1 Å². The van der Waals surface area contributed by atoms with Gasteiger partial charge >= 0.3 is 0 Å². The third-order valence-electron chi connectivity index (χ3n) is 3.80. The predicted molar refractivity (Wildman–Crippen MR) is 84.3 cm³/mol. The van der Waals surface area contributed by atoms with Crippen LogP contribution in [0.1, 0.15) is 45.6 Å².